The molecule has 5 heteroatoms. The zero-order valence-electron chi connectivity index (χ0n) is 11.2. The van der Waals surface area contributed by atoms with Gasteiger partial charge in [-0.3, -0.25) is 0 Å². The van der Waals surface area contributed by atoms with Gasteiger partial charge in [0.2, 0.25) is 0 Å². The molecule has 2 aromatic heterocycles. The fraction of sp³-hybridized carbons (Fsp3) is 0. The third kappa shape index (κ3) is 2.34. The Morgan fingerprint density at radius 1 is 0.667 bits per heavy atom. The van der Waals surface area contributed by atoms with E-state index in [2.05, 4.69) is 9.97 Å². The van der Waals surface area contributed by atoms with Gasteiger partial charge in [-0.2, -0.15) is 0 Å². The number of H-pyrrole nitrogens is 2. The molecule has 0 fully saturated rings. The van der Waals surface area contributed by atoms with Gasteiger partial charge in [0.1, 0.15) is 11.5 Å². The summed E-state index contributed by atoms with van der Waals surface area (Å²) in [5.74, 6) is 1.48. The van der Waals surface area contributed by atoms with Crippen molar-refractivity contribution >= 4 is 29.5 Å². The number of aromatic nitrogens is 2. The van der Waals surface area contributed by atoms with Gasteiger partial charge in [0, 0.05) is 34.2 Å². The number of hydrogen-bond donors (Lipinski definition) is 2. The van der Waals surface area contributed by atoms with Crippen LogP contribution in [0.1, 0.15) is 0 Å². The van der Waals surface area contributed by atoms with E-state index in [-0.39, 0.29) is 0 Å². The quantitative estimate of drug-likeness (QED) is 0.558. The molecular weight excluding hydrogens is 263 g/mol. The van der Waals surface area contributed by atoms with E-state index in [0.717, 1.165) is 33.3 Å². The Morgan fingerprint density at radius 2 is 1.19 bits per heavy atom. The van der Waals surface area contributed by atoms with Crippen LogP contribution in [0.5, 0.6) is 11.5 Å². The summed E-state index contributed by atoms with van der Waals surface area (Å²) < 4.78 is 11.0. The minimum absolute atomic E-state index is 0.741. The lowest BCUT2D eigenvalue weighted by atomic mass is 10.2. The molecule has 0 aliphatic carbocycles. The van der Waals surface area contributed by atoms with Crippen LogP contribution in [0.3, 0.4) is 0 Å². The highest BCUT2D eigenvalue weighted by Crippen LogP contribution is 2.21. The summed E-state index contributed by atoms with van der Waals surface area (Å²) in [5, 5.41) is 2.21. The third-order valence-corrected chi connectivity index (χ3v) is 3.42. The molecule has 2 heterocycles. The molecule has 0 saturated heterocycles. The number of rotatable bonds is 4. The Balaban J connectivity index is 1.44. The van der Waals surface area contributed by atoms with Crippen LogP contribution in [0.15, 0.2) is 60.9 Å². The second-order valence-electron chi connectivity index (χ2n) is 4.79. The minimum atomic E-state index is 0.741. The van der Waals surface area contributed by atoms with Gasteiger partial charge in [0.05, 0.1) is 0 Å². The lowest BCUT2D eigenvalue weighted by Gasteiger charge is -2.06. The third-order valence-electron chi connectivity index (χ3n) is 3.42. The molecule has 0 spiro atoms. The van der Waals surface area contributed by atoms with E-state index in [1.165, 1.54) is 7.69 Å². The molecule has 0 aliphatic heterocycles. The van der Waals surface area contributed by atoms with Crippen LogP contribution >= 0.6 is 0 Å². The molecule has 101 valence electrons. The highest BCUT2D eigenvalue weighted by molar-refractivity contribution is 6.20. The van der Waals surface area contributed by atoms with Crippen LogP contribution in [0, 0.1) is 0 Å². The molecule has 0 saturated carbocycles. The summed E-state index contributed by atoms with van der Waals surface area (Å²) >= 11 is 0. The predicted molar refractivity (Wildman–Crippen MR) is 83.6 cm³/mol. The average molecular weight is 275 g/mol. The minimum Gasteiger partial charge on any atom is -0.526 e. The van der Waals surface area contributed by atoms with E-state index < -0.39 is 0 Å². The highest BCUT2D eigenvalue weighted by atomic mass is 16.6. The van der Waals surface area contributed by atoms with E-state index >= 15 is 0 Å². The van der Waals surface area contributed by atoms with Crippen molar-refractivity contribution in [3.8, 4) is 11.5 Å². The van der Waals surface area contributed by atoms with Crippen LogP contribution in [0.25, 0.3) is 21.8 Å². The average Bonchev–Trinajstić information content (AvgIpc) is 3.14. The highest BCUT2D eigenvalue weighted by Gasteiger charge is 2.04. The fourth-order valence-corrected chi connectivity index (χ4v) is 2.34. The zero-order valence-corrected chi connectivity index (χ0v) is 11.2. The van der Waals surface area contributed by atoms with Gasteiger partial charge in [0.25, 0.3) is 0 Å². The Labute approximate surface area is 122 Å². The Hall–Kier alpha value is -2.82. The molecule has 0 amide bonds. The number of fused-ring (bicyclic) bond motifs is 2. The smallest absolute Gasteiger partial charge is 0.526 e. The molecule has 0 unspecified atom stereocenters. The van der Waals surface area contributed by atoms with E-state index in [0.29, 0.717) is 0 Å². The van der Waals surface area contributed by atoms with Gasteiger partial charge in [-0.25, -0.2) is 0 Å². The van der Waals surface area contributed by atoms with Crippen molar-refractivity contribution in [3.63, 3.8) is 0 Å². The maximum absolute atomic E-state index is 5.51. The van der Waals surface area contributed by atoms with Gasteiger partial charge in [0.15, 0.2) is 0 Å². The summed E-state index contributed by atoms with van der Waals surface area (Å²) in [6.45, 7) is 0. The molecule has 4 nitrogen and oxygen atoms in total. The van der Waals surface area contributed by atoms with Crippen molar-refractivity contribution in [1.29, 1.82) is 0 Å². The van der Waals surface area contributed by atoms with E-state index in [4.69, 9.17) is 9.31 Å². The van der Waals surface area contributed by atoms with Crippen LogP contribution < -0.4 is 9.31 Å². The number of hydrogen-bond acceptors (Lipinski definition) is 2. The predicted octanol–water partition coefficient (Wildman–Crippen LogP) is 3.64. The SMILES string of the molecule is [B](Oc1ccc2[nH]ccc2c1)Oc1ccc2[nH]ccc2c1. The van der Waals surface area contributed by atoms with Crippen molar-refractivity contribution < 1.29 is 9.31 Å². The summed E-state index contributed by atoms with van der Waals surface area (Å²) in [6.07, 6.45) is 3.81. The molecule has 21 heavy (non-hydrogen) atoms. The number of benzene rings is 2. The van der Waals surface area contributed by atoms with Crippen LogP contribution in [-0.2, 0) is 0 Å². The van der Waals surface area contributed by atoms with E-state index in [1.54, 1.807) is 0 Å². The molecule has 1 radical (unpaired) electrons. The Bertz CT molecular complexity index is 823. The topological polar surface area (TPSA) is 50.0 Å². The van der Waals surface area contributed by atoms with Crippen molar-refractivity contribution in [3.05, 3.63) is 60.9 Å². The van der Waals surface area contributed by atoms with Gasteiger partial charge < -0.3 is 19.3 Å². The van der Waals surface area contributed by atoms with Crippen molar-refractivity contribution in [2.75, 3.05) is 0 Å². The van der Waals surface area contributed by atoms with Gasteiger partial charge in [-0.05, 0) is 48.5 Å². The maximum atomic E-state index is 5.51. The first-order chi connectivity index (χ1) is 10.4. The first-order valence-corrected chi connectivity index (χ1v) is 6.68. The number of nitrogens with one attached hydrogen (secondary N) is 2. The lowest BCUT2D eigenvalue weighted by Crippen LogP contribution is -2.10. The first kappa shape index (κ1) is 12.0. The molecule has 0 atom stereocenters. The van der Waals surface area contributed by atoms with E-state index in [1.807, 2.05) is 60.9 Å². The second kappa shape index (κ2) is 4.94. The van der Waals surface area contributed by atoms with Crippen molar-refractivity contribution in [1.82, 2.24) is 9.97 Å². The maximum Gasteiger partial charge on any atom is 0.658 e. The summed E-state index contributed by atoms with van der Waals surface area (Å²) in [4.78, 5) is 6.29. The Morgan fingerprint density at radius 3 is 1.71 bits per heavy atom. The van der Waals surface area contributed by atoms with Gasteiger partial charge in [-0.1, -0.05) is 0 Å². The number of aromatic amines is 2. The molecule has 0 aliphatic rings. The van der Waals surface area contributed by atoms with Crippen LogP contribution in [0.2, 0.25) is 0 Å². The monoisotopic (exact) mass is 275 g/mol. The summed E-state index contributed by atoms with van der Waals surface area (Å²) in [7, 11) is 1.35. The normalized spacial score (nSPS) is 10.9. The Kier molecular flexibility index (Phi) is 2.82. The first-order valence-electron chi connectivity index (χ1n) is 6.68. The van der Waals surface area contributed by atoms with Crippen LogP contribution in [0.4, 0.5) is 0 Å². The summed E-state index contributed by atoms with van der Waals surface area (Å²) in [5.41, 5.74) is 2.17. The van der Waals surface area contributed by atoms with Crippen molar-refractivity contribution in [2.24, 2.45) is 0 Å². The molecule has 4 rings (SSSR count). The summed E-state index contributed by atoms with van der Waals surface area (Å²) in [6, 6.07) is 15.7. The second-order valence-corrected chi connectivity index (χ2v) is 4.79. The molecule has 4 aromatic rings. The van der Waals surface area contributed by atoms with Gasteiger partial charge >= 0.3 is 7.69 Å². The van der Waals surface area contributed by atoms with Gasteiger partial charge in [-0.15, -0.1) is 0 Å². The van der Waals surface area contributed by atoms with Crippen molar-refractivity contribution in [2.45, 2.75) is 0 Å². The zero-order chi connectivity index (χ0) is 14.1. The molecule has 2 N–H and O–H groups in total. The molecule has 2 aromatic carbocycles. The van der Waals surface area contributed by atoms with Crippen LogP contribution in [-0.4, -0.2) is 17.7 Å². The van der Waals surface area contributed by atoms with E-state index in [9.17, 15) is 0 Å². The largest absolute Gasteiger partial charge is 0.658 e. The molecule has 0 bridgehead atoms. The fourth-order valence-electron chi connectivity index (χ4n) is 2.34. The lowest BCUT2D eigenvalue weighted by molar-refractivity contribution is 0.460. The standard InChI is InChI=1S/C16H12BN2O2/c1-3-15-11(5-7-18-15)9-13(1)20-17-21-14-2-4-16-12(10-14)6-8-19-16/h1-10,18-19H. The molecular formula is C16H12BN2O2.